The van der Waals surface area contributed by atoms with E-state index < -0.39 is 0 Å². The average molecular weight is 453 g/mol. The van der Waals surface area contributed by atoms with Gasteiger partial charge in [-0.25, -0.2) is 0 Å². The number of nitrogens with one attached hydrogen (secondary N) is 1. The summed E-state index contributed by atoms with van der Waals surface area (Å²) in [6.07, 6.45) is 5.12. The van der Waals surface area contributed by atoms with Crippen LogP contribution in [-0.4, -0.2) is 15.5 Å². The Morgan fingerprint density at radius 2 is 1.73 bits per heavy atom. The first-order valence-corrected chi connectivity index (χ1v) is 10.9. The molecule has 0 spiro atoms. The van der Waals surface area contributed by atoms with Crippen LogP contribution in [0.5, 0.6) is 0 Å². The van der Waals surface area contributed by atoms with Crippen molar-refractivity contribution in [3.63, 3.8) is 0 Å². The summed E-state index contributed by atoms with van der Waals surface area (Å²) in [5.74, 6) is -0.183. The summed E-state index contributed by atoms with van der Waals surface area (Å²) in [4.78, 5) is 16.9. The zero-order valence-electron chi connectivity index (χ0n) is 17.7. The molecule has 1 amide bonds. The van der Waals surface area contributed by atoms with Crippen molar-refractivity contribution >= 4 is 51.1 Å². The second-order valence-corrected chi connectivity index (χ2v) is 8.18. The number of aromatic nitrogens is 2. The number of nitrogens with zero attached hydrogens (tertiary/aromatic N) is 2. The Kier molecular flexibility index (Phi) is 5.55. The van der Waals surface area contributed by atoms with Gasteiger partial charge in [-0.3, -0.25) is 9.78 Å². The molecular formula is C27H21ClN4O. The first-order chi connectivity index (χ1) is 16.1. The number of halogens is 1. The molecular weight excluding hydrogens is 432 g/mol. The van der Waals surface area contributed by atoms with E-state index >= 15 is 0 Å². The second-order valence-electron chi connectivity index (χ2n) is 7.74. The molecule has 0 radical (unpaired) electrons. The van der Waals surface area contributed by atoms with Crippen molar-refractivity contribution in [1.82, 2.24) is 14.9 Å². The number of carbonyl (C=O) groups excluding carboxylic acids is 1. The number of nitrogen functional groups attached to an aromatic ring is 1. The van der Waals surface area contributed by atoms with Crippen LogP contribution in [0.3, 0.4) is 0 Å². The van der Waals surface area contributed by atoms with Crippen LogP contribution in [0.1, 0.15) is 11.3 Å². The van der Waals surface area contributed by atoms with Gasteiger partial charge in [-0.1, -0.05) is 41.9 Å². The number of hydrogen-bond donors (Lipinski definition) is 2. The summed E-state index contributed by atoms with van der Waals surface area (Å²) < 4.78 is 2.17. The topological polar surface area (TPSA) is 72.9 Å². The summed E-state index contributed by atoms with van der Waals surface area (Å²) in [6, 6.07) is 25.4. The molecule has 5 aromatic rings. The van der Waals surface area contributed by atoms with Crippen LogP contribution in [-0.2, 0) is 11.3 Å². The smallest absolute Gasteiger partial charge is 0.244 e. The number of carbonyl (C=O) groups is 1. The Morgan fingerprint density at radius 1 is 0.970 bits per heavy atom. The van der Waals surface area contributed by atoms with E-state index in [9.17, 15) is 4.79 Å². The first-order valence-electron chi connectivity index (χ1n) is 10.5. The van der Waals surface area contributed by atoms with Crippen molar-refractivity contribution in [1.29, 1.82) is 0 Å². The molecule has 3 N–H and O–H groups in total. The van der Waals surface area contributed by atoms with Crippen LogP contribution in [0, 0.1) is 0 Å². The van der Waals surface area contributed by atoms with E-state index in [1.165, 1.54) is 6.08 Å². The van der Waals surface area contributed by atoms with Gasteiger partial charge < -0.3 is 15.6 Å². The van der Waals surface area contributed by atoms with E-state index in [1.54, 1.807) is 18.2 Å². The SMILES string of the molecule is Nc1ccc(/C=C/C(=O)NCc2cc3c4ccccc4n(-c4ccc(Cl)cc4)c3cn2)cc1. The summed E-state index contributed by atoms with van der Waals surface area (Å²) in [5.41, 5.74) is 11.2. The zero-order valence-corrected chi connectivity index (χ0v) is 18.5. The zero-order chi connectivity index (χ0) is 22.8. The van der Waals surface area contributed by atoms with Crippen LogP contribution in [0.4, 0.5) is 5.69 Å². The molecule has 0 unspecified atom stereocenters. The lowest BCUT2D eigenvalue weighted by atomic mass is 10.1. The Bertz CT molecular complexity index is 1490. The number of rotatable bonds is 5. The number of pyridine rings is 1. The fraction of sp³-hybridized carbons (Fsp3) is 0.0370. The molecule has 0 saturated carbocycles. The maximum atomic E-state index is 12.3. The summed E-state index contributed by atoms with van der Waals surface area (Å²) >= 11 is 6.09. The van der Waals surface area contributed by atoms with E-state index in [0.29, 0.717) is 17.3 Å². The minimum Gasteiger partial charge on any atom is -0.399 e. The van der Waals surface area contributed by atoms with Crippen LogP contribution in [0.25, 0.3) is 33.6 Å². The van der Waals surface area contributed by atoms with Crippen LogP contribution in [0.2, 0.25) is 5.02 Å². The number of nitrogens with two attached hydrogens (primary N) is 1. The minimum absolute atomic E-state index is 0.183. The van der Waals surface area contributed by atoms with Crippen molar-refractivity contribution in [2.45, 2.75) is 6.54 Å². The molecule has 6 heteroatoms. The first kappa shape index (κ1) is 20.8. The minimum atomic E-state index is -0.183. The van der Waals surface area contributed by atoms with Gasteiger partial charge in [-0.05, 0) is 60.2 Å². The third-order valence-electron chi connectivity index (χ3n) is 5.51. The summed E-state index contributed by atoms with van der Waals surface area (Å²) in [7, 11) is 0. The fourth-order valence-electron chi connectivity index (χ4n) is 3.89. The van der Waals surface area contributed by atoms with E-state index in [2.05, 4.69) is 27.0 Å². The highest BCUT2D eigenvalue weighted by Crippen LogP contribution is 2.32. The molecule has 0 aliphatic heterocycles. The molecule has 33 heavy (non-hydrogen) atoms. The highest BCUT2D eigenvalue weighted by atomic mass is 35.5. The number of para-hydroxylation sites is 1. The van der Waals surface area contributed by atoms with Gasteiger partial charge in [0.15, 0.2) is 0 Å². The van der Waals surface area contributed by atoms with E-state index in [-0.39, 0.29) is 5.91 Å². The van der Waals surface area contributed by atoms with Crippen molar-refractivity contribution in [3.05, 3.63) is 107 Å². The molecule has 5 rings (SSSR count). The molecule has 162 valence electrons. The van der Waals surface area contributed by atoms with Gasteiger partial charge in [0.2, 0.25) is 5.91 Å². The maximum absolute atomic E-state index is 12.3. The van der Waals surface area contributed by atoms with Crippen LogP contribution < -0.4 is 11.1 Å². The van der Waals surface area contributed by atoms with Gasteiger partial charge in [0, 0.05) is 33.2 Å². The normalized spacial score (nSPS) is 11.4. The van der Waals surface area contributed by atoms with Gasteiger partial charge in [-0.2, -0.15) is 0 Å². The number of amides is 1. The maximum Gasteiger partial charge on any atom is 0.244 e. The van der Waals surface area contributed by atoms with E-state index in [1.807, 2.05) is 60.8 Å². The standard InChI is InChI=1S/C27H21ClN4O/c28-19-8-12-22(13-9-19)32-25-4-2-1-3-23(25)24-15-21(30-17-26(24)32)16-31-27(33)14-7-18-5-10-20(29)11-6-18/h1-15,17H,16,29H2,(H,31,33)/b14-7+. The van der Waals surface area contributed by atoms with Crippen molar-refractivity contribution in [2.24, 2.45) is 0 Å². The fourth-order valence-corrected chi connectivity index (χ4v) is 4.02. The molecule has 0 saturated heterocycles. The highest BCUT2D eigenvalue weighted by molar-refractivity contribution is 6.30. The summed E-state index contributed by atoms with van der Waals surface area (Å²) in [6.45, 7) is 0.335. The molecule has 0 bridgehead atoms. The Labute approximate surface area is 196 Å². The third kappa shape index (κ3) is 4.31. The van der Waals surface area contributed by atoms with Crippen molar-refractivity contribution in [2.75, 3.05) is 5.73 Å². The quantitative estimate of drug-likeness (QED) is 0.263. The largest absolute Gasteiger partial charge is 0.399 e. The predicted octanol–water partition coefficient (Wildman–Crippen LogP) is 5.74. The molecule has 5 nitrogen and oxygen atoms in total. The number of fused-ring (bicyclic) bond motifs is 3. The number of anilines is 1. The van der Waals surface area contributed by atoms with Gasteiger partial charge in [-0.15, -0.1) is 0 Å². The molecule has 0 aliphatic rings. The van der Waals surface area contributed by atoms with Gasteiger partial charge >= 0.3 is 0 Å². The molecule has 2 aromatic heterocycles. The number of hydrogen-bond acceptors (Lipinski definition) is 3. The molecule has 0 aliphatic carbocycles. The molecule has 0 atom stereocenters. The number of benzene rings is 3. The van der Waals surface area contributed by atoms with Crippen LogP contribution >= 0.6 is 11.6 Å². The van der Waals surface area contributed by atoms with E-state index in [4.69, 9.17) is 17.3 Å². The third-order valence-corrected chi connectivity index (χ3v) is 5.76. The van der Waals surface area contributed by atoms with Crippen molar-refractivity contribution < 1.29 is 4.79 Å². The van der Waals surface area contributed by atoms with Gasteiger partial charge in [0.1, 0.15) is 0 Å². The lowest BCUT2D eigenvalue weighted by molar-refractivity contribution is -0.116. The van der Waals surface area contributed by atoms with E-state index in [0.717, 1.165) is 38.8 Å². The lowest BCUT2D eigenvalue weighted by Gasteiger charge is -2.08. The molecule has 3 aromatic carbocycles. The molecule has 0 fully saturated rings. The van der Waals surface area contributed by atoms with Gasteiger partial charge in [0.25, 0.3) is 0 Å². The van der Waals surface area contributed by atoms with Crippen LogP contribution in [0.15, 0.2) is 91.1 Å². The highest BCUT2D eigenvalue weighted by Gasteiger charge is 2.13. The van der Waals surface area contributed by atoms with Crippen molar-refractivity contribution in [3.8, 4) is 5.69 Å². The monoisotopic (exact) mass is 452 g/mol. The Morgan fingerprint density at radius 3 is 2.52 bits per heavy atom. The second kappa shape index (κ2) is 8.81. The lowest BCUT2D eigenvalue weighted by Crippen LogP contribution is -2.20. The average Bonchev–Trinajstić information content (AvgIpc) is 3.17. The Hall–Kier alpha value is -4.09. The summed E-state index contributed by atoms with van der Waals surface area (Å²) in [5, 5.41) is 5.81. The Balaban J connectivity index is 1.41. The molecule has 2 heterocycles. The van der Waals surface area contributed by atoms with Gasteiger partial charge in [0.05, 0.1) is 29.5 Å². The predicted molar refractivity (Wildman–Crippen MR) is 135 cm³/mol.